The van der Waals surface area contributed by atoms with E-state index in [4.69, 9.17) is 4.42 Å². The van der Waals surface area contributed by atoms with Gasteiger partial charge in [-0.2, -0.15) is 0 Å². The molecule has 0 spiro atoms. The highest BCUT2D eigenvalue weighted by molar-refractivity contribution is 14.1. The summed E-state index contributed by atoms with van der Waals surface area (Å²) in [5, 5.41) is 11.7. The van der Waals surface area contributed by atoms with Crippen LogP contribution in [0.5, 0.6) is 5.75 Å². The molecule has 122 valence electrons. The average Bonchev–Trinajstić information content (AvgIpc) is 3.04. The summed E-state index contributed by atoms with van der Waals surface area (Å²) >= 11 is 1.93. The summed E-state index contributed by atoms with van der Waals surface area (Å²) in [6.07, 6.45) is 2.81. The molecule has 2 heterocycles. The number of urea groups is 1. The Bertz CT molecular complexity index is 857. The first-order valence-corrected chi connectivity index (χ1v) is 7.93. The van der Waals surface area contributed by atoms with Crippen molar-refractivity contribution in [3.05, 3.63) is 57.1 Å². The molecule has 1 aliphatic heterocycles. The van der Waals surface area contributed by atoms with E-state index in [1.807, 2.05) is 22.6 Å². The number of phenols is 1. The minimum atomic E-state index is -0.793. The van der Waals surface area contributed by atoms with Crippen molar-refractivity contribution in [1.29, 1.82) is 0 Å². The van der Waals surface area contributed by atoms with Crippen LogP contribution in [-0.4, -0.2) is 27.9 Å². The molecule has 24 heavy (non-hydrogen) atoms. The lowest BCUT2D eigenvalue weighted by atomic mass is 10.1. The zero-order chi connectivity index (χ0) is 17.3. The number of barbiturate groups is 1. The first kappa shape index (κ1) is 16.2. The third-order valence-electron chi connectivity index (χ3n) is 3.36. The molecule has 8 heteroatoms. The smallest absolute Gasteiger partial charge is 0.331 e. The minimum Gasteiger partial charge on any atom is -0.507 e. The van der Waals surface area contributed by atoms with Gasteiger partial charge < -0.3 is 9.52 Å². The second-order valence-electron chi connectivity index (χ2n) is 5.00. The Morgan fingerprint density at radius 2 is 2.04 bits per heavy atom. The van der Waals surface area contributed by atoms with E-state index >= 15 is 0 Å². The summed E-state index contributed by atoms with van der Waals surface area (Å²) < 4.78 is 5.71. The number of carbonyl (C=O) groups is 3. The number of hydrogen-bond donors (Lipinski definition) is 2. The van der Waals surface area contributed by atoms with Gasteiger partial charge in [-0.05, 0) is 58.5 Å². The van der Waals surface area contributed by atoms with Crippen LogP contribution in [0.3, 0.4) is 0 Å². The predicted molar refractivity (Wildman–Crippen MR) is 91.6 cm³/mol. The maximum atomic E-state index is 12.5. The molecule has 4 amide bonds. The minimum absolute atomic E-state index is 0.0740. The first-order valence-electron chi connectivity index (χ1n) is 6.85. The number of amides is 4. The summed E-state index contributed by atoms with van der Waals surface area (Å²) in [5.74, 6) is -0.940. The van der Waals surface area contributed by atoms with Crippen LogP contribution in [0.2, 0.25) is 0 Å². The molecular formula is C16H11IN2O5. The lowest BCUT2D eigenvalue weighted by molar-refractivity contribution is -0.130. The molecule has 7 nitrogen and oxygen atoms in total. The topological polar surface area (TPSA) is 99.9 Å². The normalized spacial score (nSPS) is 16.6. The van der Waals surface area contributed by atoms with Gasteiger partial charge in [0.1, 0.15) is 17.1 Å². The van der Waals surface area contributed by atoms with E-state index in [2.05, 4.69) is 5.32 Å². The number of rotatable bonds is 3. The van der Waals surface area contributed by atoms with Gasteiger partial charge in [-0.3, -0.25) is 19.8 Å². The van der Waals surface area contributed by atoms with Crippen molar-refractivity contribution in [2.45, 2.75) is 6.54 Å². The quantitative estimate of drug-likeness (QED) is 0.435. The fraction of sp³-hybridized carbons (Fsp3) is 0.0625. The highest BCUT2D eigenvalue weighted by Gasteiger charge is 2.36. The molecule has 1 aromatic heterocycles. The van der Waals surface area contributed by atoms with Crippen LogP contribution >= 0.6 is 22.6 Å². The van der Waals surface area contributed by atoms with Crippen molar-refractivity contribution in [3.63, 3.8) is 0 Å². The van der Waals surface area contributed by atoms with Gasteiger partial charge in [-0.25, -0.2) is 4.79 Å². The first-order chi connectivity index (χ1) is 11.5. The SMILES string of the molecule is O=C1NC(=O)N(Cc2ccco2)C(=O)/C1=C/c1ccc(O)c(I)c1. The number of carbonyl (C=O) groups excluding carboxylic acids is 3. The lowest BCUT2D eigenvalue weighted by Crippen LogP contribution is -2.53. The fourth-order valence-corrected chi connectivity index (χ4v) is 2.71. The highest BCUT2D eigenvalue weighted by atomic mass is 127. The summed E-state index contributed by atoms with van der Waals surface area (Å²) in [4.78, 5) is 37.3. The Kier molecular flexibility index (Phi) is 4.38. The number of hydrogen-bond acceptors (Lipinski definition) is 5. The van der Waals surface area contributed by atoms with Gasteiger partial charge in [0.2, 0.25) is 0 Å². The highest BCUT2D eigenvalue weighted by Crippen LogP contribution is 2.23. The van der Waals surface area contributed by atoms with E-state index in [0.717, 1.165) is 4.90 Å². The Labute approximate surface area is 150 Å². The number of halogens is 1. The number of furan rings is 1. The van der Waals surface area contributed by atoms with Crippen molar-refractivity contribution in [1.82, 2.24) is 10.2 Å². The van der Waals surface area contributed by atoms with E-state index in [0.29, 0.717) is 14.9 Å². The van der Waals surface area contributed by atoms with Gasteiger partial charge in [0.05, 0.1) is 16.4 Å². The molecule has 1 saturated heterocycles. The molecule has 0 unspecified atom stereocenters. The molecule has 1 fully saturated rings. The molecule has 0 atom stereocenters. The molecule has 0 bridgehead atoms. The maximum Gasteiger partial charge on any atom is 0.331 e. The molecule has 1 aliphatic rings. The Hall–Kier alpha value is -2.62. The zero-order valence-corrected chi connectivity index (χ0v) is 14.3. The van der Waals surface area contributed by atoms with E-state index in [-0.39, 0.29) is 17.9 Å². The van der Waals surface area contributed by atoms with Gasteiger partial charge in [-0.15, -0.1) is 0 Å². The summed E-state index contributed by atoms with van der Waals surface area (Å²) in [7, 11) is 0. The van der Waals surface area contributed by atoms with Crippen molar-refractivity contribution in [2.75, 3.05) is 0 Å². The average molecular weight is 438 g/mol. The number of phenolic OH excluding ortho intramolecular Hbond substituents is 1. The van der Waals surface area contributed by atoms with Crippen LogP contribution in [0.25, 0.3) is 6.08 Å². The van der Waals surface area contributed by atoms with Gasteiger partial charge in [0, 0.05) is 0 Å². The molecule has 2 N–H and O–H groups in total. The molecule has 0 aliphatic carbocycles. The number of nitrogens with one attached hydrogen (secondary N) is 1. The molecule has 2 aromatic rings. The third-order valence-corrected chi connectivity index (χ3v) is 4.23. The largest absolute Gasteiger partial charge is 0.507 e. The molecular weight excluding hydrogens is 427 g/mol. The molecule has 0 saturated carbocycles. The van der Waals surface area contributed by atoms with Crippen LogP contribution in [0.4, 0.5) is 4.79 Å². The fourth-order valence-electron chi connectivity index (χ4n) is 2.18. The lowest BCUT2D eigenvalue weighted by Gasteiger charge is -2.25. The van der Waals surface area contributed by atoms with Crippen LogP contribution < -0.4 is 5.32 Å². The van der Waals surface area contributed by atoms with E-state index in [9.17, 15) is 19.5 Å². The molecule has 0 radical (unpaired) electrons. The van der Waals surface area contributed by atoms with Gasteiger partial charge in [0.15, 0.2) is 0 Å². The number of aromatic hydroxyl groups is 1. The summed E-state index contributed by atoms with van der Waals surface area (Å²) in [6.45, 7) is -0.0740. The predicted octanol–water partition coefficient (Wildman–Crippen LogP) is 2.25. The van der Waals surface area contributed by atoms with Gasteiger partial charge in [-0.1, -0.05) is 6.07 Å². The van der Waals surface area contributed by atoms with Gasteiger partial charge in [0.25, 0.3) is 11.8 Å². The number of imide groups is 2. The second-order valence-corrected chi connectivity index (χ2v) is 6.16. The Morgan fingerprint density at radius 1 is 1.25 bits per heavy atom. The molecule has 1 aromatic carbocycles. The van der Waals surface area contributed by atoms with Crippen molar-refractivity contribution < 1.29 is 23.9 Å². The van der Waals surface area contributed by atoms with Crippen LogP contribution in [-0.2, 0) is 16.1 Å². The molecule has 3 rings (SSSR count). The van der Waals surface area contributed by atoms with Crippen LogP contribution in [0.15, 0.2) is 46.6 Å². The maximum absolute atomic E-state index is 12.5. The number of nitrogens with zero attached hydrogens (tertiary/aromatic N) is 1. The van der Waals surface area contributed by atoms with E-state index < -0.39 is 17.8 Å². The standard InChI is InChI=1S/C16H11IN2O5/c17-12-7-9(3-4-13(12)20)6-11-14(21)18-16(23)19(15(11)22)8-10-2-1-5-24-10/h1-7,20H,8H2,(H,18,21,23)/b11-6+. The zero-order valence-electron chi connectivity index (χ0n) is 12.2. The van der Waals surface area contributed by atoms with Crippen molar-refractivity contribution >= 4 is 46.5 Å². The number of benzene rings is 1. The van der Waals surface area contributed by atoms with Crippen LogP contribution in [0.1, 0.15) is 11.3 Å². The summed E-state index contributed by atoms with van der Waals surface area (Å²) in [6, 6.07) is 7.13. The Morgan fingerprint density at radius 3 is 2.71 bits per heavy atom. The van der Waals surface area contributed by atoms with Crippen molar-refractivity contribution in [2.24, 2.45) is 0 Å². The monoisotopic (exact) mass is 438 g/mol. The summed E-state index contributed by atoms with van der Waals surface area (Å²) in [5.41, 5.74) is 0.394. The van der Waals surface area contributed by atoms with Crippen LogP contribution in [0, 0.1) is 3.57 Å². The van der Waals surface area contributed by atoms with Crippen molar-refractivity contribution in [3.8, 4) is 5.75 Å². The van der Waals surface area contributed by atoms with E-state index in [1.165, 1.54) is 18.4 Å². The van der Waals surface area contributed by atoms with Gasteiger partial charge >= 0.3 is 6.03 Å². The van der Waals surface area contributed by atoms with E-state index in [1.54, 1.807) is 24.3 Å². The third kappa shape index (κ3) is 3.18. The Balaban J connectivity index is 1.92. The second kappa shape index (κ2) is 6.48.